The van der Waals surface area contributed by atoms with Crippen LogP contribution in [0.2, 0.25) is 0 Å². The summed E-state index contributed by atoms with van der Waals surface area (Å²) in [4.78, 5) is 0. The Labute approximate surface area is 402 Å². The van der Waals surface area contributed by atoms with Crippen molar-refractivity contribution in [1.82, 2.24) is 0 Å². The lowest BCUT2D eigenvalue weighted by Gasteiger charge is -2.30. The van der Waals surface area contributed by atoms with E-state index in [9.17, 15) is 105 Å². The topological polar surface area (TPSA) is 18.5 Å². The van der Waals surface area contributed by atoms with Crippen molar-refractivity contribution >= 4 is 47.7 Å². The Hall–Kier alpha value is -5.90. The quantitative estimate of drug-likeness (QED) is 0.106. The molecule has 398 valence electrons. The molecule has 0 spiro atoms. The average molecular weight is 1130 g/mol. The van der Waals surface area contributed by atoms with Crippen molar-refractivity contribution in [1.29, 1.82) is 0 Å². The molecule has 0 saturated heterocycles. The molecule has 0 fully saturated rings. The Morgan fingerprint density at radius 2 is 0.446 bits per heavy atom. The van der Waals surface area contributed by atoms with Crippen LogP contribution in [0.15, 0.2) is 109 Å². The zero-order valence-electron chi connectivity index (χ0n) is 36.2. The summed E-state index contributed by atoms with van der Waals surface area (Å²) in [5.41, 5.74) is -19.3. The van der Waals surface area contributed by atoms with Crippen molar-refractivity contribution in [3.63, 3.8) is 0 Å². The zero-order valence-corrected chi connectivity index (χ0v) is 38.0. The first-order valence-corrected chi connectivity index (χ1v) is 22.5. The van der Waals surface area contributed by atoms with Crippen LogP contribution in [0.25, 0.3) is 11.1 Å². The Bertz CT molecular complexity index is 2560. The highest BCUT2D eigenvalue weighted by Crippen LogP contribution is 2.51. The van der Waals surface area contributed by atoms with Gasteiger partial charge in [0, 0.05) is 11.1 Å². The predicted octanol–water partition coefficient (Wildman–Crippen LogP) is 15.0. The summed E-state index contributed by atoms with van der Waals surface area (Å²) in [5, 5.41) is -7.18. The van der Waals surface area contributed by atoms with E-state index in [1.807, 2.05) is 0 Å². The van der Waals surface area contributed by atoms with Crippen molar-refractivity contribution in [2.45, 2.75) is 49.4 Å². The highest BCUT2D eigenvalue weighted by atomic mass is 31.1. The van der Waals surface area contributed by atoms with Gasteiger partial charge in [0.15, 0.2) is 0 Å². The van der Waals surface area contributed by atoms with E-state index in [1.54, 1.807) is 0 Å². The zero-order chi connectivity index (χ0) is 55.7. The number of rotatable bonds is 9. The second-order valence-electron chi connectivity index (χ2n) is 15.4. The van der Waals surface area contributed by atoms with Gasteiger partial charge in [0.25, 0.3) is 0 Å². The number of hydrogen-bond acceptors (Lipinski definition) is 2. The average Bonchev–Trinajstić information content (AvgIpc) is 3.26. The maximum absolute atomic E-state index is 14.5. The largest absolute Gasteiger partial charge is 0.496 e. The summed E-state index contributed by atoms with van der Waals surface area (Å²) in [5.74, 6) is -1.52. The predicted molar refractivity (Wildman–Crippen MR) is 222 cm³/mol. The minimum atomic E-state index is -5.76. The van der Waals surface area contributed by atoms with Gasteiger partial charge >= 0.3 is 49.4 Å². The normalized spacial score (nSPS) is 13.5. The van der Waals surface area contributed by atoms with Crippen LogP contribution in [0, 0.1) is 0 Å². The van der Waals surface area contributed by atoms with Crippen LogP contribution in [-0.2, 0) is 49.4 Å². The van der Waals surface area contributed by atoms with Crippen LogP contribution < -0.4 is 41.3 Å². The number of alkyl halides is 24. The molecule has 6 rings (SSSR count). The minimum absolute atomic E-state index is 0.0731. The van der Waals surface area contributed by atoms with E-state index >= 15 is 0 Å². The SMILES string of the molecule is COc1cccc(P(c2cc(C(F)(F)F)cc(C(F)(F)F)c2)c2cc(C(F)(F)F)cc(C(F)(F)F)c2)c1-c1c(OC)cccc1P(c1cc(C(F)(F)F)cc(C(F)(F)F)c1)c1cc(C(F)(F)F)cc(C(F)(F)F)c1. The van der Waals surface area contributed by atoms with Crippen LogP contribution in [0.5, 0.6) is 11.5 Å². The Balaban J connectivity index is 1.92. The Morgan fingerprint density at radius 3 is 0.595 bits per heavy atom. The van der Waals surface area contributed by atoms with Gasteiger partial charge in [-0.25, -0.2) is 0 Å². The molecule has 74 heavy (non-hydrogen) atoms. The van der Waals surface area contributed by atoms with Crippen molar-refractivity contribution < 1.29 is 115 Å². The third-order valence-electron chi connectivity index (χ3n) is 10.5. The Morgan fingerprint density at radius 1 is 0.270 bits per heavy atom. The van der Waals surface area contributed by atoms with Gasteiger partial charge < -0.3 is 9.47 Å². The summed E-state index contributed by atoms with van der Waals surface area (Å²) in [6.45, 7) is 0. The van der Waals surface area contributed by atoms with Crippen molar-refractivity contribution in [2.75, 3.05) is 14.2 Å². The molecule has 0 heterocycles. The van der Waals surface area contributed by atoms with E-state index in [1.165, 1.54) is 0 Å². The second-order valence-corrected chi connectivity index (χ2v) is 19.8. The number of ether oxygens (including phenoxy) is 2. The molecule has 0 N–H and O–H groups in total. The maximum Gasteiger partial charge on any atom is 0.416 e. The van der Waals surface area contributed by atoms with Crippen LogP contribution in [0.3, 0.4) is 0 Å². The molecule has 6 aromatic rings. The van der Waals surface area contributed by atoms with Gasteiger partial charge in [-0.15, -0.1) is 0 Å². The fourth-order valence-electron chi connectivity index (χ4n) is 7.38. The van der Waals surface area contributed by atoms with Crippen LogP contribution in [-0.4, -0.2) is 14.2 Å². The third kappa shape index (κ3) is 12.4. The molecular weight excluding hydrogens is 1100 g/mol. The number of methoxy groups -OCH3 is 2. The Kier molecular flexibility index (Phi) is 15.2. The molecule has 0 aromatic heterocycles. The molecule has 0 aliphatic rings. The van der Waals surface area contributed by atoms with Gasteiger partial charge in [-0.1, -0.05) is 24.3 Å². The summed E-state index contributed by atoms with van der Waals surface area (Å²) >= 11 is 0. The summed E-state index contributed by atoms with van der Waals surface area (Å²) in [6, 6.07) is 2.37. The lowest BCUT2D eigenvalue weighted by atomic mass is 10.0. The molecule has 28 heteroatoms. The third-order valence-corrected chi connectivity index (χ3v) is 15.3. The molecular formula is C46H24F24O2P2. The van der Waals surface area contributed by atoms with E-state index in [-0.39, 0.29) is 48.5 Å². The molecule has 6 aromatic carbocycles. The first kappa shape index (κ1) is 57.4. The van der Waals surface area contributed by atoms with Gasteiger partial charge in [-0.05, 0) is 133 Å². The summed E-state index contributed by atoms with van der Waals surface area (Å²) < 4.78 is 359. The standard InChI is InChI=1S/C46H24F24O2P2/c1-71-33-5-3-7-35(73(29-13-21(39(47,48)49)9-22(14-29)40(50,51)52)30-15-23(41(53,54)55)10-24(16-30)42(56,57)58)37(33)38-34(72-2)6-4-8-36(38)74(31-17-25(43(59,60)61)11-26(18-31)44(62,63)64)32-19-27(45(65,66)67)12-28(20-32)46(68,69)70/h3-20H,1-2H3. The first-order chi connectivity index (χ1) is 33.6. The fourth-order valence-corrected chi connectivity index (χ4v) is 12.6. The van der Waals surface area contributed by atoms with Crippen molar-refractivity contribution in [2.24, 2.45) is 0 Å². The first-order valence-electron chi connectivity index (χ1n) is 19.8. The fraction of sp³-hybridized carbons (Fsp3) is 0.217. The molecule has 0 amide bonds. The smallest absolute Gasteiger partial charge is 0.416 e. The molecule has 0 unspecified atom stereocenters. The van der Waals surface area contributed by atoms with Crippen LogP contribution in [0.4, 0.5) is 105 Å². The molecule has 2 nitrogen and oxygen atoms in total. The lowest BCUT2D eigenvalue weighted by molar-refractivity contribution is -0.144. The number of benzene rings is 6. The monoisotopic (exact) mass is 1130 g/mol. The lowest BCUT2D eigenvalue weighted by Crippen LogP contribution is -2.30. The van der Waals surface area contributed by atoms with Gasteiger partial charge in [-0.2, -0.15) is 105 Å². The van der Waals surface area contributed by atoms with E-state index < -0.39 is 188 Å². The van der Waals surface area contributed by atoms with E-state index in [0.29, 0.717) is 12.1 Å². The molecule has 0 atom stereocenters. The summed E-state index contributed by atoms with van der Waals surface area (Å²) in [6.07, 6.45) is -46.1. The highest BCUT2D eigenvalue weighted by molar-refractivity contribution is 7.80. The minimum Gasteiger partial charge on any atom is -0.496 e. The molecule has 0 bridgehead atoms. The second kappa shape index (κ2) is 19.7. The van der Waals surface area contributed by atoms with E-state index in [0.717, 1.165) is 38.5 Å². The van der Waals surface area contributed by atoms with Gasteiger partial charge in [0.05, 0.1) is 58.7 Å². The van der Waals surface area contributed by atoms with E-state index in [4.69, 9.17) is 9.47 Å². The molecule has 0 saturated carbocycles. The van der Waals surface area contributed by atoms with Crippen LogP contribution >= 0.6 is 15.8 Å². The van der Waals surface area contributed by atoms with Gasteiger partial charge in [0.1, 0.15) is 11.5 Å². The van der Waals surface area contributed by atoms with Gasteiger partial charge in [0.2, 0.25) is 0 Å². The molecule has 0 aliphatic heterocycles. The van der Waals surface area contributed by atoms with E-state index in [2.05, 4.69) is 0 Å². The molecule has 0 radical (unpaired) electrons. The molecule has 0 aliphatic carbocycles. The van der Waals surface area contributed by atoms with Crippen LogP contribution in [0.1, 0.15) is 44.5 Å². The maximum atomic E-state index is 14.5. The van der Waals surface area contributed by atoms with Crippen molar-refractivity contribution in [3.05, 3.63) is 154 Å². The number of hydrogen-bond donors (Lipinski definition) is 0. The highest BCUT2D eigenvalue weighted by Gasteiger charge is 2.44. The summed E-state index contributed by atoms with van der Waals surface area (Å²) in [7, 11) is -6.15. The van der Waals surface area contributed by atoms with Gasteiger partial charge in [-0.3, -0.25) is 0 Å². The number of halogens is 24. The van der Waals surface area contributed by atoms with Crippen molar-refractivity contribution in [3.8, 4) is 22.6 Å².